The zero-order valence-electron chi connectivity index (χ0n) is 20.1. The lowest BCUT2D eigenvalue weighted by Gasteiger charge is -2.36. The van der Waals surface area contributed by atoms with E-state index in [0.717, 1.165) is 42.8 Å². The second kappa shape index (κ2) is 8.73. The Bertz CT molecular complexity index is 1350. The van der Waals surface area contributed by atoms with Crippen LogP contribution in [0.1, 0.15) is 67.1 Å². The number of nitrogens with zero attached hydrogens (tertiary/aromatic N) is 2. The van der Waals surface area contributed by atoms with Gasteiger partial charge < -0.3 is 15.0 Å². The van der Waals surface area contributed by atoms with Crippen molar-refractivity contribution in [1.82, 2.24) is 9.97 Å². The van der Waals surface area contributed by atoms with E-state index >= 15 is 0 Å². The zero-order chi connectivity index (χ0) is 23.9. The second-order valence-corrected chi connectivity index (χ2v) is 9.03. The highest BCUT2D eigenvalue weighted by Gasteiger charge is 2.43. The van der Waals surface area contributed by atoms with Crippen molar-refractivity contribution in [2.75, 3.05) is 18.0 Å². The third-order valence-corrected chi connectivity index (χ3v) is 7.09. The molecule has 1 aliphatic rings. The molecular weight excluding hydrogens is 422 g/mol. The van der Waals surface area contributed by atoms with Crippen molar-refractivity contribution in [1.29, 1.82) is 0 Å². The van der Waals surface area contributed by atoms with E-state index < -0.39 is 5.60 Å². The molecule has 2 N–H and O–H groups in total. The summed E-state index contributed by atoms with van der Waals surface area (Å²) in [6.45, 7) is 8.33. The van der Waals surface area contributed by atoms with Gasteiger partial charge >= 0.3 is 0 Å². The highest BCUT2D eigenvalue weighted by Crippen LogP contribution is 2.46. The maximum absolute atomic E-state index is 13.4. The number of anilines is 1. The minimum atomic E-state index is -1.26. The molecule has 0 fully saturated rings. The topological polar surface area (TPSA) is 69.2 Å². The summed E-state index contributed by atoms with van der Waals surface area (Å²) in [4.78, 5) is 24.1. The number of nitrogens with one attached hydrogen (secondary N) is 1. The van der Waals surface area contributed by atoms with Gasteiger partial charge in [0.1, 0.15) is 11.4 Å². The number of H-pyrrole nitrogens is 1. The molecule has 0 aliphatic heterocycles. The van der Waals surface area contributed by atoms with Gasteiger partial charge in [-0.3, -0.25) is 4.79 Å². The second-order valence-electron chi connectivity index (χ2n) is 9.03. The quantitative estimate of drug-likeness (QED) is 0.358. The van der Waals surface area contributed by atoms with E-state index in [4.69, 9.17) is 4.98 Å². The minimum Gasteiger partial charge on any atom is -0.380 e. The van der Waals surface area contributed by atoms with Crippen LogP contribution in [0.25, 0.3) is 22.4 Å². The number of imidazole rings is 1. The molecule has 174 valence electrons. The van der Waals surface area contributed by atoms with Gasteiger partial charge in [-0.05, 0) is 62.2 Å². The van der Waals surface area contributed by atoms with Crippen LogP contribution in [0.15, 0.2) is 60.7 Å². The fraction of sp³-hybridized carbons (Fsp3) is 0.310. The Kier molecular flexibility index (Phi) is 5.74. The van der Waals surface area contributed by atoms with Crippen LogP contribution in [-0.4, -0.2) is 33.9 Å². The number of benzene rings is 3. The van der Waals surface area contributed by atoms with E-state index in [0.29, 0.717) is 34.2 Å². The largest absolute Gasteiger partial charge is 0.380 e. The molecule has 3 aromatic carbocycles. The number of ketones is 1. The van der Waals surface area contributed by atoms with Crippen molar-refractivity contribution >= 4 is 22.5 Å². The van der Waals surface area contributed by atoms with Crippen molar-refractivity contribution in [2.45, 2.75) is 45.6 Å². The molecule has 0 spiro atoms. The molecule has 0 radical (unpaired) electrons. The molecule has 0 amide bonds. The van der Waals surface area contributed by atoms with Crippen LogP contribution in [0, 0.1) is 0 Å². The van der Waals surface area contributed by atoms with E-state index in [1.165, 1.54) is 5.69 Å². The summed E-state index contributed by atoms with van der Waals surface area (Å²) >= 11 is 0. The fourth-order valence-electron chi connectivity index (χ4n) is 5.25. The first kappa shape index (κ1) is 22.4. The average molecular weight is 454 g/mol. The standard InChI is InChI=1S/C29H31N3O2/c1-4-7-18-29(34)23-11-9-8-10-21(23)27(33)22-16-17-24-26(25(22)29)31-28(30-24)19-12-14-20(15-13-19)32(5-2)6-3/h8-17,34H,4-7,18H2,1-3H3,(H,30,31). The van der Waals surface area contributed by atoms with E-state index in [9.17, 15) is 9.90 Å². The number of aromatic nitrogens is 2. The lowest BCUT2D eigenvalue weighted by atomic mass is 9.71. The van der Waals surface area contributed by atoms with Crippen molar-refractivity contribution in [3.63, 3.8) is 0 Å². The summed E-state index contributed by atoms with van der Waals surface area (Å²) in [6.07, 6.45) is 2.34. The van der Waals surface area contributed by atoms with Gasteiger partial charge in [-0.25, -0.2) is 4.98 Å². The van der Waals surface area contributed by atoms with E-state index in [1.807, 2.05) is 36.4 Å². The summed E-state index contributed by atoms with van der Waals surface area (Å²) in [7, 11) is 0. The van der Waals surface area contributed by atoms with Crippen LogP contribution >= 0.6 is 0 Å². The molecule has 5 rings (SSSR count). The molecule has 1 heterocycles. The van der Waals surface area contributed by atoms with Crippen LogP contribution in [0.4, 0.5) is 5.69 Å². The Hall–Kier alpha value is -3.44. The summed E-state index contributed by atoms with van der Waals surface area (Å²) in [5, 5.41) is 12.1. The van der Waals surface area contributed by atoms with E-state index in [1.54, 1.807) is 0 Å². The van der Waals surface area contributed by atoms with E-state index in [-0.39, 0.29) is 5.78 Å². The van der Waals surface area contributed by atoms with Crippen LogP contribution < -0.4 is 4.90 Å². The first-order chi connectivity index (χ1) is 16.5. The Morgan fingerprint density at radius 3 is 2.38 bits per heavy atom. The molecule has 4 aromatic rings. The van der Waals surface area contributed by atoms with E-state index in [2.05, 4.69) is 54.9 Å². The first-order valence-corrected chi connectivity index (χ1v) is 12.3. The van der Waals surface area contributed by atoms with Crippen LogP contribution in [-0.2, 0) is 5.60 Å². The zero-order valence-corrected chi connectivity index (χ0v) is 20.1. The number of unbranched alkanes of at least 4 members (excludes halogenated alkanes) is 1. The number of fused-ring (bicyclic) bond motifs is 4. The third-order valence-electron chi connectivity index (χ3n) is 7.09. The molecule has 1 atom stereocenters. The molecular formula is C29H31N3O2. The molecule has 0 bridgehead atoms. The minimum absolute atomic E-state index is 0.0539. The predicted octanol–water partition coefficient (Wildman–Crippen LogP) is 6.05. The van der Waals surface area contributed by atoms with Gasteiger partial charge in [0.25, 0.3) is 0 Å². The Morgan fingerprint density at radius 2 is 1.68 bits per heavy atom. The monoisotopic (exact) mass is 453 g/mol. The molecule has 5 nitrogen and oxygen atoms in total. The Labute approximate surface area is 200 Å². The summed E-state index contributed by atoms with van der Waals surface area (Å²) in [5.41, 5.74) is 4.82. The molecule has 1 unspecified atom stereocenters. The number of hydrogen-bond acceptors (Lipinski definition) is 4. The van der Waals surface area contributed by atoms with Gasteiger partial charge in [0.2, 0.25) is 0 Å². The lowest BCUT2D eigenvalue weighted by Crippen LogP contribution is -2.36. The van der Waals surface area contributed by atoms with Crippen molar-refractivity contribution in [2.24, 2.45) is 0 Å². The molecule has 5 heteroatoms. The number of carbonyl (C=O) groups is 1. The fourth-order valence-corrected chi connectivity index (χ4v) is 5.25. The van der Waals surface area contributed by atoms with Gasteiger partial charge in [0.15, 0.2) is 5.78 Å². The van der Waals surface area contributed by atoms with Crippen molar-refractivity contribution in [3.8, 4) is 11.4 Å². The van der Waals surface area contributed by atoms with Crippen LogP contribution in [0.5, 0.6) is 0 Å². The molecule has 1 aliphatic carbocycles. The van der Waals surface area contributed by atoms with Gasteiger partial charge in [-0.15, -0.1) is 0 Å². The SMILES string of the molecule is CCCCC1(O)c2ccccc2C(=O)c2ccc3[nH]c(-c4ccc(N(CC)CC)cc4)nc3c21. The predicted molar refractivity (Wildman–Crippen MR) is 137 cm³/mol. The maximum Gasteiger partial charge on any atom is 0.193 e. The van der Waals surface area contributed by atoms with Gasteiger partial charge in [0, 0.05) is 41.0 Å². The molecule has 1 aromatic heterocycles. The number of aromatic amines is 1. The highest BCUT2D eigenvalue weighted by atomic mass is 16.3. The third kappa shape index (κ3) is 3.43. The Morgan fingerprint density at radius 1 is 0.941 bits per heavy atom. The number of carbonyl (C=O) groups excluding carboxylic acids is 1. The summed E-state index contributed by atoms with van der Waals surface area (Å²) in [6, 6.07) is 19.5. The summed E-state index contributed by atoms with van der Waals surface area (Å²) in [5.74, 6) is 0.681. The van der Waals surface area contributed by atoms with Gasteiger partial charge in [-0.2, -0.15) is 0 Å². The lowest BCUT2D eigenvalue weighted by molar-refractivity contribution is 0.0629. The molecule has 0 saturated carbocycles. The van der Waals surface area contributed by atoms with Gasteiger partial charge in [-0.1, -0.05) is 44.0 Å². The number of aliphatic hydroxyl groups is 1. The smallest absolute Gasteiger partial charge is 0.193 e. The summed E-state index contributed by atoms with van der Waals surface area (Å²) < 4.78 is 0. The number of hydrogen-bond donors (Lipinski definition) is 2. The average Bonchev–Trinajstić information content (AvgIpc) is 3.31. The van der Waals surface area contributed by atoms with Crippen LogP contribution in [0.3, 0.4) is 0 Å². The normalized spacial score (nSPS) is 17.0. The number of rotatable bonds is 7. The maximum atomic E-state index is 13.4. The van der Waals surface area contributed by atoms with Crippen LogP contribution in [0.2, 0.25) is 0 Å². The van der Waals surface area contributed by atoms with Gasteiger partial charge in [0.05, 0.1) is 11.0 Å². The highest BCUT2D eigenvalue weighted by molar-refractivity contribution is 6.15. The molecule has 34 heavy (non-hydrogen) atoms. The van der Waals surface area contributed by atoms with Crippen molar-refractivity contribution in [3.05, 3.63) is 82.9 Å². The molecule has 0 saturated heterocycles. The first-order valence-electron chi connectivity index (χ1n) is 12.3. The Balaban J connectivity index is 1.66. The van der Waals surface area contributed by atoms with Crippen molar-refractivity contribution < 1.29 is 9.90 Å².